The normalized spacial score (nSPS) is 25.9. The third-order valence-electron chi connectivity index (χ3n) is 3.94. The molecule has 0 aromatic heterocycles. The van der Waals surface area contributed by atoms with Crippen molar-refractivity contribution in [2.24, 2.45) is 5.92 Å². The molecule has 0 radical (unpaired) electrons. The van der Waals surface area contributed by atoms with Gasteiger partial charge in [0.25, 0.3) is 0 Å². The minimum absolute atomic E-state index is 0.292. The van der Waals surface area contributed by atoms with Gasteiger partial charge in [0, 0.05) is 12.1 Å². The van der Waals surface area contributed by atoms with Crippen LogP contribution in [0, 0.1) is 5.92 Å². The SMILES string of the molecule is CC1CCN(CCC(CO)NC2CC2)CC1. The lowest BCUT2D eigenvalue weighted by Crippen LogP contribution is -2.40. The third kappa shape index (κ3) is 4.04. The molecule has 1 unspecified atom stereocenters. The minimum Gasteiger partial charge on any atom is -0.395 e. The molecule has 2 fully saturated rings. The van der Waals surface area contributed by atoms with E-state index < -0.39 is 0 Å². The van der Waals surface area contributed by atoms with Crippen molar-refractivity contribution in [3.8, 4) is 0 Å². The summed E-state index contributed by atoms with van der Waals surface area (Å²) in [7, 11) is 0. The van der Waals surface area contributed by atoms with E-state index in [4.69, 9.17) is 0 Å². The van der Waals surface area contributed by atoms with E-state index in [0.717, 1.165) is 18.9 Å². The van der Waals surface area contributed by atoms with Gasteiger partial charge in [-0.3, -0.25) is 0 Å². The number of piperidine rings is 1. The summed E-state index contributed by atoms with van der Waals surface area (Å²) in [6.07, 6.45) is 6.40. The zero-order valence-corrected chi connectivity index (χ0v) is 10.5. The zero-order valence-electron chi connectivity index (χ0n) is 10.5. The maximum Gasteiger partial charge on any atom is 0.0585 e. The van der Waals surface area contributed by atoms with E-state index in [1.165, 1.54) is 38.8 Å². The summed E-state index contributed by atoms with van der Waals surface area (Å²) in [5.74, 6) is 0.912. The summed E-state index contributed by atoms with van der Waals surface area (Å²) in [6, 6.07) is 1.03. The van der Waals surface area contributed by atoms with E-state index in [1.807, 2.05) is 0 Å². The van der Waals surface area contributed by atoms with Gasteiger partial charge in [-0.1, -0.05) is 6.92 Å². The van der Waals surface area contributed by atoms with Gasteiger partial charge in [0.1, 0.15) is 0 Å². The predicted octanol–water partition coefficient (Wildman–Crippen LogP) is 1.22. The Labute approximate surface area is 99.2 Å². The Hall–Kier alpha value is -0.120. The molecule has 16 heavy (non-hydrogen) atoms. The van der Waals surface area contributed by atoms with Gasteiger partial charge in [0.2, 0.25) is 0 Å². The van der Waals surface area contributed by atoms with Crippen LogP contribution in [0.3, 0.4) is 0 Å². The molecule has 1 saturated carbocycles. The van der Waals surface area contributed by atoms with E-state index in [-0.39, 0.29) is 0 Å². The molecule has 2 aliphatic rings. The van der Waals surface area contributed by atoms with Gasteiger partial charge in [-0.25, -0.2) is 0 Å². The molecule has 3 heteroatoms. The second-order valence-corrected chi connectivity index (χ2v) is 5.63. The fraction of sp³-hybridized carbons (Fsp3) is 1.00. The van der Waals surface area contributed by atoms with E-state index in [0.29, 0.717) is 18.7 Å². The van der Waals surface area contributed by atoms with Crippen LogP contribution in [0.25, 0.3) is 0 Å². The van der Waals surface area contributed by atoms with Crippen molar-refractivity contribution < 1.29 is 5.11 Å². The standard InChI is InChI=1S/C13H26N2O/c1-11-4-7-15(8-5-11)9-6-13(10-16)14-12-2-3-12/h11-14,16H,2-10H2,1H3. The lowest BCUT2D eigenvalue weighted by molar-refractivity contribution is 0.168. The van der Waals surface area contributed by atoms with Crippen molar-refractivity contribution in [2.75, 3.05) is 26.2 Å². The van der Waals surface area contributed by atoms with E-state index in [9.17, 15) is 5.11 Å². The first-order valence-corrected chi connectivity index (χ1v) is 6.87. The largest absolute Gasteiger partial charge is 0.395 e. The number of rotatable bonds is 6. The Morgan fingerprint density at radius 2 is 1.94 bits per heavy atom. The molecule has 0 amide bonds. The third-order valence-corrected chi connectivity index (χ3v) is 3.94. The Morgan fingerprint density at radius 1 is 1.25 bits per heavy atom. The lowest BCUT2D eigenvalue weighted by atomic mass is 9.99. The highest BCUT2D eigenvalue weighted by atomic mass is 16.3. The molecule has 0 bridgehead atoms. The topological polar surface area (TPSA) is 35.5 Å². The van der Waals surface area contributed by atoms with Crippen LogP contribution in [0.4, 0.5) is 0 Å². The molecule has 1 saturated heterocycles. The van der Waals surface area contributed by atoms with Gasteiger partial charge in [0.05, 0.1) is 6.61 Å². The van der Waals surface area contributed by atoms with E-state index >= 15 is 0 Å². The summed E-state index contributed by atoms with van der Waals surface area (Å²) >= 11 is 0. The van der Waals surface area contributed by atoms with Gasteiger partial charge in [-0.15, -0.1) is 0 Å². The Balaban J connectivity index is 1.60. The van der Waals surface area contributed by atoms with Crippen LogP contribution < -0.4 is 5.32 Å². The van der Waals surface area contributed by atoms with Crippen molar-refractivity contribution in [2.45, 2.75) is 51.1 Å². The molecule has 1 atom stereocenters. The Kier molecular flexibility index (Phi) is 4.62. The second-order valence-electron chi connectivity index (χ2n) is 5.63. The number of nitrogens with one attached hydrogen (secondary N) is 1. The van der Waals surface area contributed by atoms with Crippen molar-refractivity contribution in [1.82, 2.24) is 10.2 Å². The molecule has 94 valence electrons. The molecular weight excluding hydrogens is 200 g/mol. The average Bonchev–Trinajstić information content (AvgIpc) is 3.10. The minimum atomic E-state index is 0.292. The fourth-order valence-electron chi connectivity index (χ4n) is 2.43. The molecule has 1 aliphatic carbocycles. The van der Waals surface area contributed by atoms with Crippen LogP contribution >= 0.6 is 0 Å². The first kappa shape index (κ1) is 12.3. The summed E-state index contributed by atoms with van der Waals surface area (Å²) in [5, 5.41) is 12.8. The molecule has 0 aromatic rings. The number of hydrogen-bond acceptors (Lipinski definition) is 3. The highest BCUT2D eigenvalue weighted by Gasteiger charge is 2.24. The van der Waals surface area contributed by atoms with Crippen LogP contribution in [0.5, 0.6) is 0 Å². The van der Waals surface area contributed by atoms with Crippen LogP contribution in [-0.2, 0) is 0 Å². The molecular formula is C13H26N2O. The van der Waals surface area contributed by atoms with Gasteiger partial charge < -0.3 is 15.3 Å². The number of aliphatic hydroxyl groups excluding tert-OH is 1. The van der Waals surface area contributed by atoms with Crippen molar-refractivity contribution in [3.05, 3.63) is 0 Å². The van der Waals surface area contributed by atoms with Gasteiger partial charge in [0.15, 0.2) is 0 Å². The average molecular weight is 226 g/mol. The molecule has 1 heterocycles. The summed E-state index contributed by atoms with van der Waals surface area (Å²) in [4.78, 5) is 2.55. The molecule has 1 aliphatic heterocycles. The monoisotopic (exact) mass is 226 g/mol. The summed E-state index contributed by atoms with van der Waals surface area (Å²) in [6.45, 7) is 6.30. The van der Waals surface area contributed by atoms with Gasteiger partial charge in [-0.05, 0) is 57.7 Å². The molecule has 0 spiro atoms. The Morgan fingerprint density at radius 3 is 2.50 bits per heavy atom. The van der Waals surface area contributed by atoms with Gasteiger partial charge in [-0.2, -0.15) is 0 Å². The summed E-state index contributed by atoms with van der Waals surface area (Å²) in [5.41, 5.74) is 0. The molecule has 0 aromatic carbocycles. The summed E-state index contributed by atoms with van der Waals surface area (Å²) < 4.78 is 0. The molecule has 3 nitrogen and oxygen atoms in total. The van der Waals surface area contributed by atoms with Crippen LogP contribution in [0.2, 0.25) is 0 Å². The van der Waals surface area contributed by atoms with E-state index in [2.05, 4.69) is 17.1 Å². The molecule has 2 N–H and O–H groups in total. The highest BCUT2D eigenvalue weighted by Crippen LogP contribution is 2.20. The number of hydrogen-bond donors (Lipinski definition) is 2. The van der Waals surface area contributed by atoms with Crippen LogP contribution in [-0.4, -0.2) is 48.3 Å². The van der Waals surface area contributed by atoms with Crippen molar-refractivity contribution in [3.63, 3.8) is 0 Å². The second kappa shape index (κ2) is 5.99. The first-order chi connectivity index (χ1) is 7.78. The number of likely N-dealkylation sites (tertiary alicyclic amines) is 1. The van der Waals surface area contributed by atoms with Crippen LogP contribution in [0.1, 0.15) is 39.0 Å². The maximum atomic E-state index is 9.29. The quantitative estimate of drug-likeness (QED) is 0.715. The Bertz CT molecular complexity index is 198. The van der Waals surface area contributed by atoms with Crippen molar-refractivity contribution in [1.29, 1.82) is 0 Å². The molecule has 2 rings (SSSR count). The van der Waals surface area contributed by atoms with Crippen molar-refractivity contribution >= 4 is 0 Å². The lowest BCUT2D eigenvalue weighted by Gasteiger charge is -2.31. The fourth-order valence-corrected chi connectivity index (χ4v) is 2.43. The van der Waals surface area contributed by atoms with Crippen LogP contribution in [0.15, 0.2) is 0 Å². The predicted molar refractivity (Wildman–Crippen MR) is 66.5 cm³/mol. The maximum absolute atomic E-state index is 9.29. The first-order valence-electron chi connectivity index (χ1n) is 6.87. The number of nitrogens with zero attached hydrogens (tertiary/aromatic N) is 1. The number of aliphatic hydroxyl groups is 1. The smallest absolute Gasteiger partial charge is 0.0585 e. The highest BCUT2D eigenvalue weighted by molar-refractivity contribution is 4.85. The van der Waals surface area contributed by atoms with E-state index in [1.54, 1.807) is 0 Å². The van der Waals surface area contributed by atoms with Gasteiger partial charge >= 0.3 is 0 Å². The zero-order chi connectivity index (χ0) is 11.4.